The summed E-state index contributed by atoms with van der Waals surface area (Å²) in [5.41, 5.74) is 1.48. The number of carbonyl (C=O) groups excluding carboxylic acids is 1. The molecular weight excluding hydrogens is 230 g/mol. The van der Waals surface area contributed by atoms with Crippen LogP contribution in [0.5, 0.6) is 0 Å². The summed E-state index contributed by atoms with van der Waals surface area (Å²) in [6.45, 7) is 4.60. The molecule has 0 bridgehead atoms. The number of hydrogen-bond donors (Lipinski definition) is 1. The number of hydrogen-bond acceptors (Lipinski definition) is 3. The summed E-state index contributed by atoms with van der Waals surface area (Å²) in [6, 6.07) is 1.62. The van der Waals surface area contributed by atoms with Crippen molar-refractivity contribution in [3.8, 4) is 0 Å². The van der Waals surface area contributed by atoms with E-state index in [0.29, 0.717) is 18.2 Å². The van der Waals surface area contributed by atoms with E-state index in [1.54, 1.807) is 16.6 Å². The van der Waals surface area contributed by atoms with Crippen molar-refractivity contribution in [2.24, 2.45) is 7.05 Å². The quantitative estimate of drug-likeness (QED) is 0.810. The first-order chi connectivity index (χ1) is 8.54. The zero-order chi connectivity index (χ0) is 13.3. The molecule has 2 rings (SSSR count). The third-order valence-electron chi connectivity index (χ3n) is 3.22. The molecule has 1 N–H and O–H groups in total. The summed E-state index contributed by atoms with van der Waals surface area (Å²) in [5.74, 6) is 0.212. The predicted molar refractivity (Wildman–Crippen MR) is 68.3 cm³/mol. The minimum atomic E-state index is -0.213. The molecule has 98 valence electrons. The van der Waals surface area contributed by atoms with Crippen LogP contribution in [0.3, 0.4) is 0 Å². The van der Waals surface area contributed by atoms with Crippen LogP contribution in [-0.4, -0.2) is 44.9 Å². The van der Waals surface area contributed by atoms with E-state index in [0.717, 1.165) is 5.69 Å². The van der Waals surface area contributed by atoms with Crippen molar-refractivity contribution >= 4 is 5.91 Å². The maximum absolute atomic E-state index is 12.4. The molecule has 1 unspecified atom stereocenters. The standard InChI is InChI=1S/C13H19N3O2/c1-9(2)11-7-12(15(3)14-11)13(18)16-6-4-5-10(16)8-17/h4-5,7,9-10,17H,6,8H2,1-3H3. The number of aryl methyl sites for hydroxylation is 1. The number of amides is 1. The molecular formula is C13H19N3O2. The van der Waals surface area contributed by atoms with Gasteiger partial charge in [-0.25, -0.2) is 0 Å². The molecule has 1 aromatic rings. The highest BCUT2D eigenvalue weighted by atomic mass is 16.3. The fourth-order valence-corrected chi connectivity index (χ4v) is 2.08. The van der Waals surface area contributed by atoms with Crippen LogP contribution in [0.25, 0.3) is 0 Å². The number of aliphatic hydroxyl groups is 1. The van der Waals surface area contributed by atoms with Crippen LogP contribution in [0.15, 0.2) is 18.2 Å². The molecule has 0 radical (unpaired) electrons. The second-order valence-electron chi connectivity index (χ2n) is 4.87. The lowest BCUT2D eigenvalue weighted by Gasteiger charge is -2.22. The Bertz CT molecular complexity index is 477. The average Bonchev–Trinajstić information content (AvgIpc) is 2.93. The molecule has 0 spiro atoms. The Labute approximate surface area is 107 Å². The first kappa shape index (κ1) is 12.8. The van der Waals surface area contributed by atoms with Gasteiger partial charge in [0, 0.05) is 13.6 Å². The highest BCUT2D eigenvalue weighted by Gasteiger charge is 2.27. The molecule has 0 fully saturated rings. The second-order valence-corrected chi connectivity index (χ2v) is 4.87. The molecule has 5 heteroatoms. The Morgan fingerprint density at radius 2 is 2.33 bits per heavy atom. The van der Waals surface area contributed by atoms with Gasteiger partial charge in [-0.05, 0) is 12.0 Å². The molecule has 0 aliphatic carbocycles. The van der Waals surface area contributed by atoms with Crippen molar-refractivity contribution in [2.45, 2.75) is 25.8 Å². The van der Waals surface area contributed by atoms with E-state index >= 15 is 0 Å². The maximum Gasteiger partial charge on any atom is 0.272 e. The summed E-state index contributed by atoms with van der Waals surface area (Å²) in [5, 5.41) is 13.6. The van der Waals surface area contributed by atoms with Crippen molar-refractivity contribution in [1.82, 2.24) is 14.7 Å². The van der Waals surface area contributed by atoms with Gasteiger partial charge >= 0.3 is 0 Å². The summed E-state index contributed by atoms with van der Waals surface area (Å²) in [7, 11) is 1.77. The Kier molecular flexibility index (Phi) is 3.52. The van der Waals surface area contributed by atoms with Crippen molar-refractivity contribution in [1.29, 1.82) is 0 Å². The largest absolute Gasteiger partial charge is 0.394 e. The number of aromatic nitrogens is 2. The van der Waals surface area contributed by atoms with E-state index < -0.39 is 0 Å². The van der Waals surface area contributed by atoms with Crippen LogP contribution >= 0.6 is 0 Å². The first-order valence-corrected chi connectivity index (χ1v) is 6.17. The third kappa shape index (κ3) is 2.18. The average molecular weight is 249 g/mol. The number of aliphatic hydroxyl groups excluding tert-OH is 1. The van der Waals surface area contributed by atoms with Crippen LogP contribution in [-0.2, 0) is 7.05 Å². The van der Waals surface area contributed by atoms with E-state index in [2.05, 4.69) is 5.10 Å². The second kappa shape index (κ2) is 4.94. The Balaban J connectivity index is 2.24. The van der Waals surface area contributed by atoms with E-state index in [4.69, 9.17) is 0 Å². The normalized spacial score (nSPS) is 18.9. The zero-order valence-corrected chi connectivity index (χ0v) is 11.0. The van der Waals surface area contributed by atoms with Gasteiger partial charge in [0.05, 0.1) is 18.3 Å². The third-order valence-corrected chi connectivity index (χ3v) is 3.22. The van der Waals surface area contributed by atoms with Crippen LogP contribution in [0.1, 0.15) is 35.9 Å². The fourth-order valence-electron chi connectivity index (χ4n) is 2.08. The molecule has 0 saturated carbocycles. The van der Waals surface area contributed by atoms with Gasteiger partial charge in [0.1, 0.15) is 5.69 Å². The van der Waals surface area contributed by atoms with E-state index in [9.17, 15) is 9.90 Å². The molecule has 1 aliphatic heterocycles. The van der Waals surface area contributed by atoms with Gasteiger partial charge in [-0.15, -0.1) is 0 Å². The van der Waals surface area contributed by atoms with Crippen LogP contribution in [0.4, 0.5) is 0 Å². The van der Waals surface area contributed by atoms with E-state index in [1.165, 1.54) is 0 Å². The van der Waals surface area contributed by atoms with Gasteiger partial charge in [0.25, 0.3) is 5.91 Å². The minimum Gasteiger partial charge on any atom is -0.394 e. The molecule has 1 aliphatic rings. The number of nitrogens with zero attached hydrogens (tertiary/aromatic N) is 3. The molecule has 18 heavy (non-hydrogen) atoms. The molecule has 1 atom stereocenters. The van der Waals surface area contributed by atoms with Gasteiger partial charge in [-0.3, -0.25) is 9.48 Å². The first-order valence-electron chi connectivity index (χ1n) is 6.17. The van der Waals surface area contributed by atoms with Crippen molar-refractivity contribution < 1.29 is 9.90 Å². The van der Waals surface area contributed by atoms with Crippen LogP contribution in [0, 0.1) is 0 Å². The summed E-state index contributed by atoms with van der Waals surface area (Å²) < 4.78 is 1.62. The highest BCUT2D eigenvalue weighted by molar-refractivity contribution is 5.93. The minimum absolute atomic E-state index is 0.0445. The molecule has 5 nitrogen and oxygen atoms in total. The van der Waals surface area contributed by atoms with Crippen LogP contribution in [0.2, 0.25) is 0 Å². The van der Waals surface area contributed by atoms with Gasteiger partial charge in [0.15, 0.2) is 0 Å². The molecule has 0 saturated heterocycles. The molecule has 2 heterocycles. The topological polar surface area (TPSA) is 58.4 Å². The van der Waals surface area contributed by atoms with Crippen molar-refractivity contribution in [3.05, 3.63) is 29.6 Å². The van der Waals surface area contributed by atoms with Crippen LogP contribution < -0.4 is 0 Å². The summed E-state index contributed by atoms with van der Waals surface area (Å²) in [4.78, 5) is 14.0. The van der Waals surface area contributed by atoms with Crippen molar-refractivity contribution in [2.75, 3.05) is 13.2 Å². The maximum atomic E-state index is 12.4. The number of carbonyl (C=O) groups is 1. The molecule has 1 aromatic heterocycles. The van der Waals surface area contributed by atoms with Crippen molar-refractivity contribution in [3.63, 3.8) is 0 Å². The monoisotopic (exact) mass is 249 g/mol. The smallest absolute Gasteiger partial charge is 0.272 e. The zero-order valence-electron chi connectivity index (χ0n) is 11.0. The Morgan fingerprint density at radius 1 is 1.61 bits per heavy atom. The van der Waals surface area contributed by atoms with Gasteiger partial charge in [0.2, 0.25) is 0 Å². The summed E-state index contributed by atoms with van der Waals surface area (Å²) in [6.07, 6.45) is 3.76. The number of rotatable bonds is 3. The lowest BCUT2D eigenvalue weighted by molar-refractivity contribution is 0.0689. The SMILES string of the molecule is CC(C)c1cc(C(=O)N2CC=CC2CO)n(C)n1. The summed E-state index contributed by atoms with van der Waals surface area (Å²) >= 11 is 0. The fraction of sp³-hybridized carbons (Fsp3) is 0.538. The van der Waals surface area contributed by atoms with E-state index in [-0.39, 0.29) is 18.6 Å². The lowest BCUT2D eigenvalue weighted by Crippen LogP contribution is -2.39. The van der Waals surface area contributed by atoms with Gasteiger partial charge in [-0.2, -0.15) is 5.10 Å². The lowest BCUT2D eigenvalue weighted by atomic mass is 10.1. The van der Waals surface area contributed by atoms with Gasteiger partial charge in [-0.1, -0.05) is 26.0 Å². The van der Waals surface area contributed by atoms with E-state index in [1.807, 2.05) is 32.1 Å². The molecule has 1 amide bonds. The Hall–Kier alpha value is -1.62. The Morgan fingerprint density at radius 3 is 2.89 bits per heavy atom. The molecule has 0 aromatic carbocycles. The predicted octanol–water partition coefficient (Wildman–Crippen LogP) is 0.916. The highest BCUT2D eigenvalue weighted by Crippen LogP contribution is 2.18. The van der Waals surface area contributed by atoms with Gasteiger partial charge < -0.3 is 10.0 Å².